The van der Waals surface area contributed by atoms with E-state index in [1.807, 2.05) is 19.9 Å². The molecule has 0 unspecified atom stereocenters. The summed E-state index contributed by atoms with van der Waals surface area (Å²) in [5.41, 5.74) is 7.10. The van der Waals surface area contributed by atoms with Gasteiger partial charge in [0.1, 0.15) is 36.1 Å². The van der Waals surface area contributed by atoms with Crippen molar-refractivity contribution in [2.45, 2.75) is 38.4 Å². The summed E-state index contributed by atoms with van der Waals surface area (Å²) in [5.74, 6) is -0.276. The number of hydrogen-bond donors (Lipinski definition) is 5. The Balaban J connectivity index is 2.08. The van der Waals surface area contributed by atoms with Crippen molar-refractivity contribution in [2.75, 3.05) is 18.5 Å². The Morgan fingerprint density at radius 2 is 2.11 bits per heavy atom. The molecule has 0 saturated carbocycles. The Bertz CT molecular complexity index is 876. The van der Waals surface area contributed by atoms with Crippen LogP contribution in [0.3, 0.4) is 0 Å². The third-order valence-electron chi connectivity index (χ3n) is 4.45. The summed E-state index contributed by atoms with van der Waals surface area (Å²) in [6, 6.07) is 0. The molecule has 1 amide bonds. The fourth-order valence-corrected chi connectivity index (χ4v) is 3.06. The number of aliphatic hydroxyl groups excluding tert-OH is 3. The van der Waals surface area contributed by atoms with Crippen LogP contribution in [0.5, 0.6) is 0 Å². The normalized spacial score (nSPS) is 24.9. The maximum absolute atomic E-state index is 12.0. The molecule has 1 aliphatic heterocycles. The van der Waals surface area contributed by atoms with Crippen molar-refractivity contribution in [1.29, 1.82) is 0 Å². The first kappa shape index (κ1) is 19.2. The molecule has 0 bridgehead atoms. The molecule has 1 saturated heterocycles. The largest absolute Gasteiger partial charge is 0.394 e. The van der Waals surface area contributed by atoms with E-state index in [9.17, 15) is 20.1 Å². The van der Waals surface area contributed by atoms with Gasteiger partial charge in [-0.25, -0.2) is 9.97 Å². The summed E-state index contributed by atoms with van der Waals surface area (Å²) in [6.07, 6.45) is 0.122. The number of aliphatic hydroxyl groups is 3. The monoisotopic (exact) mass is 377 g/mol. The number of rotatable bonds is 6. The standard InChI is InChI=1S/C17H23N5O5/c1-8(2)3-4-19-15-11-9(14(18)26)5-22(16(11)21-7-20-15)17-13(25)12(24)10(6-23)27-17/h3,5,7,10,12-13,17,23-25H,4,6H2,1-2H3,(H2,18,26)(H,19,20,21)/t10-,12-,13-,17-/m1/s1. The SMILES string of the molecule is CC(C)=CCNc1ncnc2c1c(C(N)=O)cn2[C@@H]1O[C@H](CO)[C@@H](O)[C@H]1O. The average Bonchev–Trinajstić information content (AvgIpc) is 3.14. The number of nitrogens with two attached hydrogens (primary N) is 1. The first-order chi connectivity index (χ1) is 12.8. The van der Waals surface area contributed by atoms with Crippen molar-refractivity contribution in [3.05, 3.63) is 29.7 Å². The minimum atomic E-state index is -1.31. The number of fused-ring (bicyclic) bond motifs is 1. The molecule has 2 aromatic heterocycles. The summed E-state index contributed by atoms with van der Waals surface area (Å²) in [7, 11) is 0. The lowest BCUT2D eigenvalue weighted by Crippen LogP contribution is -2.33. The highest BCUT2D eigenvalue weighted by molar-refractivity contribution is 6.09. The van der Waals surface area contributed by atoms with Crippen LogP contribution in [0.1, 0.15) is 30.4 Å². The molecule has 0 spiro atoms. The van der Waals surface area contributed by atoms with E-state index in [1.54, 1.807) is 0 Å². The van der Waals surface area contributed by atoms with E-state index in [2.05, 4.69) is 15.3 Å². The van der Waals surface area contributed by atoms with E-state index in [1.165, 1.54) is 17.1 Å². The zero-order chi connectivity index (χ0) is 19.7. The molecule has 146 valence electrons. The van der Waals surface area contributed by atoms with Crippen molar-refractivity contribution < 1.29 is 24.9 Å². The van der Waals surface area contributed by atoms with Crippen molar-refractivity contribution in [2.24, 2.45) is 5.73 Å². The lowest BCUT2D eigenvalue weighted by Gasteiger charge is -2.17. The van der Waals surface area contributed by atoms with Crippen LogP contribution in [-0.4, -0.2) is 67.2 Å². The number of anilines is 1. The third-order valence-corrected chi connectivity index (χ3v) is 4.45. The van der Waals surface area contributed by atoms with E-state index < -0.39 is 37.1 Å². The fourth-order valence-electron chi connectivity index (χ4n) is 3.06. The summed E-state index contributed by atoms with van der Waals surface area (Å²) in [4.78, 5) is 20.3. The Morgan fingerprint density at radius 1 is 1.37 bits per heavy atom. The maximum atomic E-state index is 12.0. The van der Waals surface area contributed by atoms with Crippen LogP contribution in [0.15, 0.2) is 24.2 Å². The van der Waals surface area contributed by atoms with E-state index in [0.29, 0.717) is 23.4 Å². The lowest BCUT2D eigenvalue weighted by molar-refractivity contribution is -0.0508. The Morgan fingerprint density at radius 3 is 2.70 bits per heavy atom. The molecule has 2 aromatic rings. The van der Waals surface area contributed by atoms with Crippen LogP contribution < -0.4 is 11.1 Å². The smallest absolute Gasteiger partial charge is 0.251 e. The first-order valence-electron chi connectivity index (χ1n) is 8.50. The molecule has 3 heterocycles. The molecule has 6 N–H and O–H groups in total. The van der Waals surface area contributed by atoms with Crippen LogP contribution in [0, 0.1) is 0 Å². The number of carbonyl (C=O) groups is 1. The number of primary amides is 1. The van der Waals surface area contributed by atoms with E-state index in [4.69, 9.17) is 10.5 Å². The van der Waals surface area contributed by atoms with Crippen LogP contribution >= 0.6 is 0 Å². The second kappa shape index (κ2) is 7.61. The number of hydrogen-bond acceptors (Lipinski definition) is 8. The summed E-state index contributed by atoms with van der Waals surface area (Å²) in [6.45, 7) is 3.96. The van der Waals surface area contributed by atoms with Gasteiger partial charge in [-0.15, -0.1) is 0 Å². The topological polar surface area (TPSA) is 156 Å². The highest BCUT2D eigenvalue weighted by Gasteiger charge is 2.44. The average molecular weight is 377 g/mol. The van der Waals surface area contributed by atoms with Gasteiger partial charge in [0.15, 0.2) is 6.23 Å². The van der Waals surface area contributed by atoms with Crippen LogP contribution in [-0.2, 0) is 4.74 Å². The molecule has 1 fully saturated rings. The van der Waals surface area contributed by atoms with Crippen molar-refractivity contribution in [3.8, 4) is 0 Å². The van der Waals surface area contributed by atoms with Crippen LogP contribution in [0.4, 0.5) is 5.82 Å². The van der Waals surface area contributed by atoms with Gasteiger partial charge in [-0.2, -0.15) is 0 Å². The van der Waals surface area contributed by atoms with E-state index in [0.717, 1.165) is 5.57 Å². The quantitative estimate of drug-likeness (QED) is 0.423. The number of amides is 1. The van der Waals surface area contributed by atoms with Crippen LogP contribution in [0.2, 0.25) is 0 Å². The highest BCUT2D eigenvalue weighted by atomic mass is 16.6. The predicted molar refractivity (Wildman–Crippen MR) is 97.0 cm³/mol. The maximum Gasteiger partial charge on any atom is 0.251 e. The van der Waals surface area contributed by atoms with Gasteiger partial charge in [0.25, 0.3) is 5.91 Å². The number of allylic oxidation sites excluding steroid dienone is 1. The number of nitrogens with one attached hydrogen (secondary N) is 1. The summed E-state index contributed by atoms with van der Waals surface area (Å²) < 4.78 is 6.97. The number of ether oxygens (including phenoxy) is 1. The minimum absolute atomic E-state index is 0.156. The summed E-state index contributed by atoms with van der Waals surface area (Å²) in [5, 5.41) is 33.1. The van der Waals surface area contributed by atoms with E-state index >= 15 is 0 Å². The van der Waals surface area contributed by atoms with Gasteiger partial charge in [0.05, 0.1) is 17.6 Å². The van der Waals surface area contributed by atoms with Crippen molar-refractivity contribution in [3.63, 3.8) is 0 Å². The third kappa shape index (κ3) is 3.52. The Hall–Kier alpha value is -2.53. The van der Waals surface area contributed by atoms with Gasteiger partial charge in [-0.05, 0) is 13.8 Å². The molecule has 4 atom stereocenters. The summed E-state index contributed by atoms with van der Waals surface area (Å²) >= 11 is 0. The van der Waals surface area contributed by atoms with Crippen molar-refractivity contribution in [1.82, 2.24) is 14.5 Å². The molecular weight excluding hydrogens is 354 g/mol. The Kier molecular flexibility index (Phi) is 5.42. The molecule has 10 nitrogen and oxygen atoms in total. The second-order valence-electron chi connectivity index (χ2n) is 6.63. The minimum Gasteiger partial charge on any atom is -0.394 e. The van der Waals surface area contributed by atoms with E-state index in [-0.39, 0.29) is 5.56 Å². The van der Waals surface area contributed by atoms with Gasteiger partial charge in [-0.3, -0.25) is 4.79 Å². The van der Waals surface area contributed by atoms with Crippen molar-refractivity contribution >= 4 is 22.8 Å². The molecule has 27 heavy (non-hydrogen) atoms. The molecule has 1 aliphatic rings. The number of carbonyl (C=O) groups excluding carboxylic acids is 1. The van der Waals surface area contributed by atoms with Gasteiger partial charge in [-0.1, -0.05) is 11.6 Å². The molecule has 3 rings (SSSR count). The highest BCUT2D eigenvalue weighted by Crippen LogP contribution is 2.34. The molecule has 0 aliphatic carbocycles. The number of aromatic nitrogens is 3. The van der Waals surface area contributed by atoms with Gasteiger partial charge >= 0.3 is 0 Å². The van der Waals surface area contributed by atoms with Gasteiger partial charge in [0, 0.05) is 12.7 Å². The zero-order valence-electron chi connectivity index (χ0n) is 15.0. The van der Waals surface area contributed by atoms with Crippen LogP contribution in [0.25, 0.3) is 11.0 Å². The van der Waals surface area contributed by atoms with Gasteiger partial charge < -0.3 is 35.7 Å². The molecule has 10 heteroatoms. The predicted octanol–water partition coefficient (Wildman–Crippen LogP) is -0.480. The first-order valence-corrected chi connectivity index (χ1v) is 8.50. The molecule has 0 radical (unpaired) electrons. The number of nitrogens with zero attached hydrogens (tertiary/aromatic N) is 3. The van der Waals surface area contributed by atoms with Gasteiger partial charge in [0.2, 0.25) is 0 Å². The molecular formula is C17H23N5O5. The second-order valence-corrected chi connectivity index (χ2v) is 6.63. The lowest BCUT2D eigenvalue weighted by atomic mass is 10.1. The zero-order valence-corrected chi connectivity index (χ0v) is 15.0. The Labute approximate surface area is 155 Å². The molecule has 0 aromatic carbocycles. The fraction of sp³-hybridized carbons (Fsp3) is 0.471.